The third kappa shape index (κ3) is 0.995. The molecule has 1 aromatic rings. The fourth-order valence-corrected chi connectivity index (χ4v) is 1.45. The van der Waals surface area contributed by atoms with Crippen molar-refractivity contribution < 1.29 is 9.90 Å². The molecule has 0 spiro atoms. The van der Waals surface area contributed by atoms with Crippen molar-refractivity contribution in [1.29, 1.82) is 0 Å². The van der Waals surface area contributed by atoms with Crippen molar-refractivity contribution in [2.24, 2.45) is 7.05 Å². The molecule has 0 atom stereocenters. The minimum Gasteiger partial charge on any atom is -0.478 e. The zero-order valence-electron chi connectivity index (χ0n) is 6.82. The summed E-state index contributed by atoms with van der Waals surface area (Å²) in [6.45, 7) is 0. The second-order valence-corrected chi connectivity index (χ2v) is 3.15. The minimum absolute atomic E-state index is 0.361. The number of aryl methyl sites for hydroxylation is 1. The van der Waals surface area contributed by atoms with Gasteiger partial charge in [-0.1, -0.05) is 0 Å². The van der Waals surface area contributed by atoms with Gasteiger partial charge in [0.1, 0.15) is 5.56 Å². The number of aromatic carboxylic acids is 1. The Hall–Kier alpha value is -1.32. The number of hydrogen-bond acceptors (Lipinski definition) is 2. The number of hydrogen-bond donors (Lipinski definition) is 1. The van der Waals surface area contributed by atoms with E-state index in [2.05, 4.69) is 5.10 Å². The Morgan fingerprint density at radius 2 is 2.42 bits per heavy atom. The van der Waals surface area contributed by atoms with Crippen LogP contribution in [0.3, 0.4) is 0 Å². The van der Waals surface area contributed by atoms with Crippen molar-refractivity contribution in [2.75, 3.05) is 0 Å². The van der Waals surface area contributed by atoms with Crippen LogP contribution in [0, 0.1) is 0 Å². The van der Waals surface area contributed by atoms with E-state index >= 15 is 0 Å². The van der Waals surface area contributed by atoms with Gasteiger partial charge in [0.25, 0.3) is 0 Å². The van der Waals surface area contributed by atoms with Gasteiger partial charge in [0.05, 0.1) is 11.9 Å². The van der Waals surface area contributed by atoms with E-state index in [-0.39, 0.29) is 0 Å². The molecule has 1 heterocycles. The van der Waals surface area contributed by atoms with Gasteiger partial charge in [-0.25, -0.2) is 4.79 Å². The molecule has 4 heteroatoms. The first-order chi connectivity index (χ1) is 5.70. The van der Waals surface area contributed by atoms with Crippen LogP contribution < -0.4 is 0 Å². The second-order valence-electron chi connectivity index (χ2n) is 3.15. The van der Waals surface area contributed by atoms with Crippen LogP contribution in [0.15, 0.2) is 6.20 Å². The van der Waals surface area contributed by atoms with Crippen LogP contribution in [0.5, 0.6) is 0 Å². The van der Waals surface area contributed by atoms with Crippen molar-refractivity contribution in [2.45, 2.75) is 18.8 Å². The number of aromatic nitrogens is 2. The van der Waals surface area contributed by atoms with Gasteiger partial charge in [0, 0.05) is 13.0 Å². The Kier molecular flexibility index (Phi) is 1.43. The summed E-state index contributed by atoms with van der Waals surface area (Å²) in [4.78, 5) is 10.7. The maximum absolute atomic E-state index is 10.7. The zero-order chi connectivity index (χ0) is 8.72. The van der Waals surface area contributed by atoms with Crippen LogP contribution in [0.4, 0.5) is 0 Å². The number of rotatable bonds is 2. The van der Waals surface area contributed by atoms with Crippen molar-refractivity contribution in [3.05, 3.63) is 17.5 Å². The molecule has 0 saturated heterocycles. The van der Waals surface area contributed by atoms with Gasteiger partial charge in [-0.2, -0.15) is 5.10 Å². The van der Waals surface area contributed by atoms with E-state index in [9.17, 15) is 4.79 Å². The van der Waals surface area contributed by atoms with E-state index < -0.39 is 5.97 Å². The van der Waals surface area contributed by atoms with E-state index in [0.29, 0.717) is 11.5 Å². The van der Waals surface area contributed by atoms with E-state index in [1.54, 1.807) is 11.7 Å². The summed E-state index contributed by atoms with van der Waals surface area (Å²) in [5.41, 5.74) is 1.24. The maximum Gasteiger partial charge on any atom is 0.339 e. The quantitative estimate of drug-likeness (QED) is 0.712. The van der Waals surface area contributed by atoms with Gasteiger partial charge < -0.3 is 5.11 Å². The molecule has 1 saturated carbocycles. The summed E-state index contributed by atoms with van der Waals surface area (Å²) in [5.74, 6) is -0.436. The molecule has 1 aliphatic carbocycles. The highest BCUT2D eigenvalue weighted by atomic mass is 16.4. The lowest BCUT2D eigenvalue weighted by atomic mass is 10.2. The molecule has 1 fully saturated rings. The summed E-state index contributed by atoms with van der Waals surface area (Å²) >= 11 is 0. The summed E-state index contributed by atoms with van der Waals surface area (Å²) in [6.07, 6.45) is 3.62. The Morgan fingerprint density at radius 3 is 2.92 bits per heavy atom. The van der Waals surface area contributed by atoms with Gasteiger partial charge in [-0.3, -0.25) is 4.68 Å². The first-order valence-electron chi connectivity index (χ1n) is 3.95. The smallest absolute Gasteiger partial charge is 0.339 e. The Bertz CT molecular complexity index is 326. The molecule has 0 aliphatic heterocycles. The van der Waals surface area contributed by atoms with Crippen LogP contribution in [-0.4, -0.2) is 20.9 Å². The molecule has 64 valence electrons. The normalized spacial score (nSPS) is 16.4. The van der Waals surface area contributed by atoms with Gasteiger partial charge in [0.15, 0.2) is 0 Å². The molecule has 0 amide bonds. The zero-order valence-corrected chi connectivity index (χ0v) is 6.82. The van der Waals surface area contributed by atoms with Crippen LogP contribution in [0.1, 0.15) is 34.8 Å². The number of carbonyl (C=O) groups is 1. The lowest BCUT2D eigenvalue weighted by Crippen LogP contribution is -2.03. The van der Waals surface area contributed by atoms with Crippen LogP contribution in [0.2, 0.25) is 0 Å². The highest BCUT2D eigenvalue weighted by Crippen LogP contribution is 2.41. The molecule has 0 radical (unpaired) electrons. The van der Waals surface area contributed by atoms with Crippen LogP contribution in [0.25, 0.3) is 0 Å². The Morgan fingerprint density at radius 1 is 1.75 bits per heavy atom. The monoisotopic (exact) mass is 166 g/mol. The van der Waals surface area contributed by atoms with E-state index in [0.717, 1.165) is 18.5 Å². The van der Waals surface area contributed by atoms with E-state index in [4.69, 9.17) is 5.11 Å². The molecule has 1 aromatic heterocycles. The predicted molar refractivity (Wildman–Crippen MR) is 42.1 cm³/mol. The fourth-order valence-electron chi connectivity index (χ4n) is 1.45. The molecule has 1 N–H and O–H groups in total. The molecule has 1 aliphatic rings. The molecule has 12 heavy (non-hydrogen) atoms. The maximum atomic E-state index is 10.7. The van der Waals surface area contributed by atoms with Crippen LogP contribution >= 0.6 is 0 Å². The van der Waals surface area contributed by atoms with Crippen molar-refractivity contribution in [3.63, 3.8) is 0 Å². The summed E-state index contributed by atoms with van der Waals surface area (Å²) < 4.78 is 1.67. The first-order valence-corrected chi connectivity index (χ1v) is 3.95. The van der Waals surface area contributed by atoms with Gasteiger partial charge in [-0.05, 0) is 12.8 Å². The number of carboxylic acid groups (broad SMARTS) is 1. The third-order valence-corrected chi connectivity index (χ3v) is 2.18. The topological polar surface area (TPSA) is 55.1 Å². The molecular weight excluding hydrogens is 156 g/mol. The summed E-state index contributed by atoms with van der Waals surface area (Å²) in [5, 5.41) is 12.7. The number of carboxylic acids is 1. The fraction of sp³-hybridized carbons (Fsp3) is 0.500. The number of nitrogens with zero attached hydrogens (tertiary/aromatic N) is 2. The van der Waals surface area contributed by atoms with E-state index in [1.807, 2.05) is 0 Å². The van der Waals surface area contributed by atoms with Crippen LogP contribution in [-0.2, 0) is 7.05 Å². The summed E-state index contributed by atoms with van der Waals surface area (Å²) in [7, 11) is 1.79. The lowest BCUT2D eigenvalue weighted by molar-refractivity contribution is 0.0695. The first kappa shape index (κ1) is 7.34. The highest BCUT2D eigenvalue weighted by molar-refractivity contribution is 5.89. The lowest BCUT2D eigenvalue weighted by Gasteiger charge is -1.99. The van der Waals surface area contributed by atoms with Gasteiger partial charge in [0.2, 0.25) is 0 Å². The van der Waals surface area contributed by atoms with Crippen molar-refractivity contribution >= 4 is 5.97 Å². The van der Waals surface area contributed by atoms with Gasteiger partial charge >= 0.3 is 5.97 Å². The second kappa shape index (κ2) is 2.33. The average molecular weight is 166 g/mol. The largest absolute Gasteiger partial charge is 0.478 e. The van der Waals surface area contributed by atoms with E-state index in [1.165, 1.54) is 6.20 Å². The van der Waals surface area contributed by atoms with Crippen molar-refractivity contribution in [3.8, 4) is 0 Å². The highest BCUT2D eigenvalue weighted by Gasteiger charge is 2.31. The predicted octanol–water partition coefficient (Wildman–Crippen LogP) is 0.996. The average Bonchev–Trinajstić information content (AvgIpc) is 2.75. The van der Waals surface area contributed by atoms with Crippen molar-refractivity contribution in [1.82, 2.24) is 9.78 Å². The molecular formula is C8H10N2O2. The van der Waals surface area contributed by atoms with Gasteiger partial charge in [-0.15, -0.1) is 0 Å². The SMILES string of the molecule is Cn1ncc(C(=O)O)c1C1CC1. The standard InChI is InChI=1S/C8H10N2O2/c1-10-7(5-2-3-5)6(4-9-10)8(11)12/h4-5H,2-3H2,1H3,(H,11,12). The molecule has 0 bridgehead atoms. The molecule has 0 aromatic carbocycles. The summed E-state index contributed by atoms with van der Waals surface area (Å²) in [6, 6.07) is 0. The third-order valence-electron chi connectivity index (χ3n) is 2.18. The molecule has 0 unspecified atom stereocenters. The Balaban J connectivity index is 2.46. The molecule has 4 nitrogen and oxygen atoms in total. The molecule has 2 rings (SSSR count). The Labute approximate surface area is 69.8 Å². The minimum atomic E-state index is -0.870.